The minimum absolute atomic E-state index is 0.508. The number of halogens is 5. The van der Waals surface area contributed by atoms with Crippen LogP contribution < -0.4 is 5.32 Å². The Balaban J connectivity index is 2.28. The van der Waals surface area contributed by atoms with E-state index in [1.807, 2.05) is 0 Å². The molecule has 2 N–H and O–H groups in total. The second kappa shape index (κ2) is 6.56. The largest absolute Gasteiger partial charge is 0.423 e. The monoisotopic (exact) mass is 345 g/mol. The summed E-state index contributed by atoms with van der Waals surface area (Å²) in [5.74, 6) is -3.84. The topological polar surface area (TPSA) is 49.3 Å². The fraction of sp³-hybridized carbons (Fsp3) is 0.188. The lowest BCUT2D eigenvalue weighted by atomic mass is 9.93. The van der Waals surface area contributed by atoms with Gasteiger partial charge in [-0.05, 0) is 17.7 Å². The number of carbonyl (C=O) groups excluding carboxylic acids is 1. The minimum Gasteiger partial charge on any atom is -0.375 e. The Kier molecular flexibility index (Phi) is 4.88. The number of amides is 1. The number of carbonyl (C=O) groups is 1. The molecule has 0 aliphatic carbocycles. The molecule has 1 unspecified atom stereocenters. The van der Waals surface area contributed by atoms with Crippen LogP contribution in [0.25, 0.3) is 0 Å². The molecule has 24 heavy (non-hydrogen) atoms. The summed E-state index contributed by atoms with van der Waals surface area (Å²) >= 11 is 0. The van der Waals surface area contributed by atoms with Crippen LogP contribution in [0.15, 0.2) is 48.5 Å². The summed E-state index contributed by atoms with van der Waals surface area (Å²) in [5, 5.41) is 11.8. The number of rotatable bonds is 4. The van der Waals surface area contributed by atoms with Crippen LogP contribution in [0.1, 0.15) is 15.9 Å². The molecule has 0 heterocycles. The average molecular weight is 345 g/mol. The first kappa shape index (κ1) is 17.9. The van der Waals surface area contributed by atoms with E-state index in [9.17, 15) is 31.9 Å². The Morgan fingerprint density at radius 2 is 1.50 bits per heavy atom. The number of alkyl halides is 3. The molecule has 0 spiro atoms. The minimum atomic E-state index is -5.12. The van der Waals surface area contributed by atoms with Crippen molar-refractivity contribution in [3.8, 4) is 0 Å². The van der Waals surface area contributed by atoms with Crippen molar-refractivity contribution in [2.45, 2.75) is 11.8 Å². The summed E-state index contributed by atoms with van der Waals surface area (Å²) in [7, 11) is 0. The molecule has 2 aromatic rings. The van der Waals surface area contributed by atoms with Crippen molar-refractivity contribution < 1.29 is 31.9 Å². The zero-order chi connectivity index (χ0) is 18.0. The van der Waals surface area contributed by atoms with Gasteiger partial charge in [0.1, 0.15) is 17.2 Å². The predicted molar refractivity (Wildman–Crippen MR) is 75.1 cm³/mol. The maximum Gasteiger partial charge on any atom is 0.423 e. The van der Waals surface area contributed by atoms with E-state index in [-0.39, 0.29) is 0 Å². The molecule has 1 atom stereocenters. The maximum absolute atomic E-state index is 13.5. The van der Waals surface area contributed by atoms with Crippen LogP contribution in [0.5, 0.6) is 0 Å². The molecule has 8 heteroatoms. The molecule has 0 radical (unpaired) electrons. The smallest absolute Gasteiger partial charge is 0.375 e. The highest BCUT2D eigenvalue weighted by Gasteiger charge is 2.55. The summed E-state index contributed by atoms with van der Waals surface area (Å²) in [6.07, 6.45) is -5.12. The second-order valence-corrected chi connectivity index (χ2v) is 5.00. The van der Waals surface area contributed by atoms with E-state index in [1.54, 1.807) is 5.32 Å². The molecular formula is C16H12F5NO2. The van der Waals surface area contributed by atoms with Crippen molar-refractivity contribution in [3.63, 3.8) is 0 Å². The highest BCUT2D eigenvalue weighted by molar-refractivity contribution is 5.94. The highest BCUT2D eigenvalue weighted by Crippen LogP contribution is 2.38. The Labute approximate surface area is 133 Å². The second-order valence-electron chi connectivity index (χ2n) is 5.00. The SMILES string of the molecule is O=C(NCC(O)(c1ccccc1)C(F)(F)F)c1c(F)cccc1F. The van der Waals surface area contributed by atoms with Gasteiger partial charge in [0.2, 0.25) is 5.60 Å². The number of hydrogen-bond acceptors (Lipinski definition) is 2. The lowest BCUT2D eigenvalue weighted by Gasteiger charge is -2.31. The Morgan fingerprint density at radius 3 is 2.00 bits per heavy atom. The summed E-state index contributed by atoms with van der Waals surface area (Å²) in [4.78, 5) is 11.8. The number of benzene rings is 2. The van der Waals surface area contributed by atoms with Crippen LogP contribution in [-0.2, 0) is 5.60 Å². The van der Waals surface area contributed by atoms with Crippen LogP contribution in [0.4, 0.5) is 22.0 Å². The van der Waals surface area contributed by atoms with E-state index in [0.717, 1.165) is 30.3 Å². The third-order valence-electron chi connectivity index (χ3n) is 3.41. The summed E-state index contributed by atoms with van der Waals surface area (Å²) in [5.41, 5.74) is -4.92. The van der Waals surface area contributed by atoms with E-state index in [0.29, 0.717) is 0 Å². The molecule has 2 rings (SSSR count). The zero-order valence-electron chi connectivity index (χ0n) is 12.1. The molecule has 0 aliphatic heterocycles. The van der Waals surface area contributed by atoms with Gasteiger partial charge in [-0.3, -0.25) is 4.79 Å². The number of aliphatic hydroxyl groups is 1. The van der Waals surface area contributed by atoms with E-state index in [4.69, 9.17) is 0 Å². The van der Waals surface area contributed by atoms with Crippen LogP contribution in [0.3, 0.4) is 0 Å². The number of nitrogens with one attached hydrogen (secondary N) is 1. The van der Waals surface area contributed by atoms with Gasteiger partial charge in [0.05, 0.1) is 6.54 Å². The molecule has 1 amide bonds. The van der Waals surface area contributed by atoms with Crippen LogP contribution in [0, 0.1) is 11.6 Å². The Bertz CT molecular complexity index is 713. The normalized spacial score (nSPS) is 14.1. The van der Waals surface area contributed by atoms with Crippen molar-refractivity contribution in [2.75, 3.05) is 6.54 Å². The third kappa shape index (κ3) is 3.38. The van der Waals surface area contributed by atoms with E-state index in [1.165, 1.54) is 18.2 Å². The summed E-state index contributed by atoms with van der Waals surface area (Å²) < 4.78 is 66.7. The van der Waals surface area contributed by atoms with Gasteiger partial charge in [-0.2, -0.15) is 13.2 Å². The van der Waals surface area contributed by atoms with Gasteiger partial charge in [0, 0.05) is 0 Å². The quantitative estimate of drug-likeness (QED) is 0.837. The average Bonchev–Trinajstić information content (AvgIpc) is 2.52. The standard InChI is InChI=1S/C16H12F5NO2/c17-11-7-4-8-12(18)13(11)14(23)22-9-15(24,16(19,20)21)10-5-2-1-3-6-10/h1-8,24H,9H2,(H,22,23). The van der Waals surface area contributed by atoms with Gasteiger partial charge < -0.3 is 10.4 Å². The van der Waals surface area contributed by atoms with Gasteiger partial charge in [-0.15, -0.1) is 0 Å². The fourth-order valence-electron chi connectivity index (χ4n) is 2.09. The molecule has 0 saturated heterocycles. The zero-order valence-corrected chi connectivity index (χ0v) is 12.1. The predicted octanol–water partition coefficient (Wildman–Crippen LogP) is 3.14. The fourth-order valence-corrected chi connectivity index (χ4v) is 2.09. The van der Waals surface area contributed by atoms with Crippen LogP contribution in [-0.4, -0.2) is 23.7 Å². The first-order valence-corrected chi connectivity index (χ1v) is 6.73. The van der Waals surface area contributed by atoms with Crippen molar-refractivity contribution in [2.24, 2.45) is 0 Å². The van der Waals surface area contributed by atoms with Gasteiger partial charge in [-0.1, -0.05) is 36.4 Å². The summed E-state index contributed by atoms with van der Waals surface area (Å²) in [6.45, 7) is -1.30. The highest BCUT2D eigenvalue weighted by atomic mass is 19.4. The molecule has 2 aromatic carbocycles. The van der Waals surface area contributed by atoms with Crippen molar-refractivity contribution in [1.29, 1.82) is 0 Å². The van der Waals surface area contributed by atoms with Gasteiger partial charge in [0.25, 0.3) is 5.91 Å². The maximum atomic E-state index is 13.5. The Morgan fingerprint density at radius 1 is 0.958 bits per heavy atom. The molecule has 0 saturated carbocycles. The molecule has 3 nitrogen and oxygen atoms in total. The summed E-state index contributed by atoms with van der Waals surface area (Å²) in [6, 6.07) is 8.68. The van der Waals surface area contributed by atoms with E-state index >= 15 is 0 Å². The van der Waals surface area contributed by atoms with E-state index < -0.39 is 47.0 Å². The molecule has 0 bridgehead atoms. The molecule has 128 valence electrons. The molecule has 0 aliphatic rings. The Hall–Kier alpha value is -2.48. The lowest BCUT2D eigenvalue weighted by molar-refractivity contribution is -0.263. The van der Waals surface area contributed by atoms with Crippen LogP contribution >= 0.6 is 0 Å². The lowest BCUT2D eigenvalue weighted by Crippen LogP contribution is -2.51. The molecule has 0 fully saturated rings. The van der Waals surface area contributed by atoms with Crippen molar-refractivity contribution in [1.82, 2.24) is 5.32 Å². The van der Waals surface area contributed by atoms with Gasteiger partial charge in [0.15, 0.2) is 0 Å². The van der Waals surface area contributed by atoms with Gasteiger partial charge in [-0.25, -0.2) is 8.78 Å². The van der Waals surface area contributed by atoms with Crippen molar-refractivity contribution >= 4 is 5.91 Å². The molecular weight excluding hydrogens is 333 g/mol. The van der Waals surface area contributed by atoms with Crippen molar-refractivity contribution in [3.05, 3.63) is 71.3 Å². The first-order chi connectivity index (χ1) is 11.2. The third-order valence-corrected chi connectivity index (χ3v) is 3.41. The van der Waals surface area contributed by atoms with E-state index in [2.05, 4.69) is 0 Å². The molecule has 0 aromatic heterocycles. The van der Waals surface area contributed by atoms with Gasteiger partial charge >= 0.3 is 6.18 Å². The number of hydrogen-bond donors (Lipinski definition) is 2. The first-order valence-electron chi connectivity index (χ1n) is 6.73. The van der Waals surface area contributed by atoms with Crippen LogP contribution in [0.2, 0.25) is 0 Å².